The number of para-hydroxylation sites is 1. The molecule has 1 aromatic heterocycles. The molecule has 0 fully saturated rings. The van der Waals surface area contributed by atoms with E-state index in [0.29, 0.717) is 27.6 Å². The maximum atomic E-state index is 10.3. The van der Waals surface area contributed by atoms with Gasteiger partial charge in [-0.25, -0.2) is 0 Å². The van der Waals surface area contributed by atoms with Crippen molar-refractivity contribution in [2.24, 2.45) is 0 Å². The molecular formula is C15H12ClNO2. The lowest BCUT2D eigenvalue weighted by atomic mass is 10.1. The molecule has 2 aromatic carbocycles. The van der Waals surface area contributed by atoms with E-state index in [0.717, 1.165) is 5.39 Å². The van der Waals surface area contributed by atoms with E-state index < -0.39 is 6.10 Å². The van der Waals surface area contributed by atoms with Gasteiger partial charge in [-0.3, -0.25) is 0 Å². The Balaban J connectivity index is 2.08. The third kappa shape index (κ3) is 2.07. The fraction of sp³-hybridized carbons (Fsp3) is 0.0667. The molecule has 3 N–H and O–H groups in total. The van der Waals surface area contributed by atoms with Gasteiger partial charge in [0, 0.05) is 10.4 Å². The Bertz CT molecular complexity index is 719. The topological polar surface area (TPSA) is 59.4 Å². The van der Waals surface area contributed by atoms with Crippen molar-refractivity contribution in [1.82, 2.24) is 0 Å². The molecule has 0 aliphatic heterocycles. The summed E-state index contributed by atoms with van der Waals surface area (Å²) >= 11 is 5.83. The van der Waals surface area contributed by atoms with Crippen LogP contribution in [0.3, 0.4) is 0 Å². The molecule has 0 aliphatic rings. The molecule has 3 aromatic rings. The second-order valence-electron chi connectivity index (χ2n) is 4.33. The number of benzene rings is 2. The van der Waals surface area contributed by atoms with Crippen LogP contribution in [0, 0.1) is 0 Å². The monoisotopic (exact) mass is 273 g/mol. The number of nitrogen functional groups attached to an aromatic ring is 1. The van der Waals surface area contributed by atoms with E-state index in [-0.39, 0.29) is 0 Å². The standard InChI is InChI=1S/C15H12ClNO2/c16-10-7-5-9(6-8-10)14(18)15-13(17)11-3-1-2-4-12(11)19-15/h1-8,14,18H,17H2. The zero-order valence-electron chi connectivity index (χ0n) is 10.0. The molecular weight excluding hydrogens is 262 g/mol. The molecule has 1 heterocycles. The summed E-state index contributed by atoms with van der Waals surface area (Å²) in [4.78, 5) is 0. The van der Waals surface area contributed by atoms with Crippen molar-refractivity contribution in [3.63, 3.8) is 0 Å². The molecule has 0 amide bonds. The molecule has 1 unspecified atom stereocenters. The van der Waals surface area contributed by atoms with Crippen LogP contribution >= 0.6 is 11.6 Å². The molecule has 19 heavy (non-hydrogen) atoms. The average molecular weight is 274 g/mol. The number of hydrogen-bond donors (Lipinski definition) is 2. The molecule has 4 heteroatoms. The minimum absolute atomic E-state index is 0.364. The molecule has 0 saturated carbocycles. The normalized spacial score (nSPS) is 12.7. The van der Waals surface area contributed by atoms with Crippen molar-refractivity contribution in [3.8, 4) is 0 Å². The van der Waals surface area contributed by atoms with E-state index in [4.69, 9.17) is 21.8 Å². The lowest BCUT2D eigenvalue weighted by molar-refractivity contribution is 0.193. The van der Waals surface area contributed by atoms with Gasteiger partial charge in [0.25, 0.3) is 0 Å². The van der Waals surface area contributed by atoms with Crippen molar-refractivity contribution in [1.29, 1.82) is 0 Å². The number of hydrogen-bond acceptors (Lipinski definition) is 3. The number of furan rings is 1. The fourth-order valence-electron chi connectivity index (χ4n) is 2.08. The summed E-state index contributed by atoms with van der Waals surface area (Å²) < 4.78 is 5.64. The second kappa shape index (κ2) is 4.61. The number of anilines is 1. The van der Waals surface area contributed by atoms with Crippen molar-refractivity contribution in [2.75, 3.05) is 5.73 Å². The van der Waals surface area contributed by atoms with Gasteiger partial charge >= 0.3 is 0 Å². The molecule has 0 aliphatic carbocycles. The van der Waals surface area contributed by atoms with E-state index in [1.807, 2.05) is 24.3 Å². The Kier molecular flexibility index (Phi) is 2.93. The van der Waals surface area contributed by atoms with Gasteiger partial charge in [-0.1, -0.05) is 35.9 Å². The maximum Gasteiger partial charge on any atom is 0.161 e. The van der Waals surface area contributed by atoms with Crippen molar-refractivity contribution >= 4 is 28.3 Å². The van der Waals surface area contributed by atoms with Crippen LogP contribution in [-0.2, 0) is 0 Å². The number of nitrogens with two attached hydrogens (primary N) is 1. The first-order chi connectivity index (χ1) is 9.16. The van der Waals surface area contributed by atoms with Gasteiger partial charge in [0.05, 0.1) is 5.69 Å². The summed E-state index contributed by atoms with van der Waals surface area (Å²) in [6, 6.07) is 14.4. The Morgan fingerprint density at radius 1 is 1.05 bits per heavy atom. The molecule has 96 valence electrons. The third-order valence-corrected chi connectivity index (χ3v) is 3.35. The zero-order valence-corrected chi connectivity index (χ0v) is 10.8. The van der Waals surface area contributed by atoms with Crippen molar-refractivity contribution < 1.29 is 9.52 Å². The molecule has 3 rings (SSSR count). The van der Waals surface area contributed by atoms with E-state index >= 15 is 0 Å². The lowest BCUT2D eigenvalue weighted by Crippen LogP contribution is -2.01. The predicted octanol–water partition coefficient (Wildman–Crippen LogP) is 3.75. The number of fused-ring (bicyclic) bond motifs is 1. The van der Waals surface area contributed by atoms with E-state index in [1.165, 1.54) is 0 Å². The van der Waals surface area contributed by atoms with Crippen LogP contribution in [0.4, 0.5) is 5.69 Å². The van der Waals surface area contributed by atoms with Gasteiger partial charge in [0.1, 0.15) is 11.7 Å². The van der Waals surface area contributed by atoms with E-state index in [9.17, 15) is 5.11 Å². The van der Waals surface area contributed by atoms with Gasteiger partial charge in [-0.05, 0) is 29.8 Å². The average Bonchev–Trinajstić information content (AvgIpc) is 2.77. The highest BCUT2D eigenvalue weighted by Crippen LogP contribution is 2.35. The van der Waals surface area contributed by atoms with Crippen molar-refractivity contribution in [3.05, 3.63) is 64.9 Å². The number of aliphatic hydroxyl groups is 1. The number of rotatable bonds is 2. The summed E-state index contributed by atoms with van der Waals surface area (Å²) in [5, 5.41) is 11.8. The summed E-state index contributed by atoms with van der Waals surface area (Å²) in [5.74, 6) is 0.364. The first kappa shape index (κ1) is 12.1. The lowest BCUT2D eigenvalue weighted by Gasteiger charge is -2.09. The van der Waals surface area contributed by atoms with Crippen LogP contribution < -0.4 is 5.73 Å². The fourth-order valence-corrected chi connectivity index (χ4v) is 2.21. The predicted molar refractivity (Wildman–Crippen MR) is 76.1 cm³/mol. The Morgan fingerprint density at radius 2 is 1.74 bits per heavy atom. The van der Waals surface area contributed by atoms with Crippen LogP contribution in [0.1, 0.15) is 17.4 Å². The van der Waals surface area contributed by atoms with Gasteiger partial charge in [0.15, 0.2) is 5.76 Å². The second-order valence-corrected chi connectivity index (χ2v) is 4.77. The molecule has 1 atom stereocenters. The summed E-state index contributed by atoms with van der Waals surface area (Å²) in [6.07, 6.45) is -0.898. The highest BCUT2D eigenvalue weighted by Gasteiger charge is 2.20. The van der Waals surface area contributed by atoms with Gasteiger partial charge in [-0.2, -0.15) is 0 Å². The zero-order chi connectivity index (χ0) is 13.4. The third-order valence-electron chi connectivity index (χ3n) is 3.10. The Morgan fingerprint density at radius 3 is 2.42 bits per heavy atom. The molecule has 0 bridgehead atoms. The maximum absolute atomic E-state index is 10.3. The largest absolute Gasteiger partial charge is 0.456 e. The highest BCUT2D eigenvalue weighted by atomic mass is 35.5. The van der Waals surface area contributed by atoms with E-state index in [1.54, 1.807) is 24.3 Å². The van der Waals surface area contributed by atoms with Crippen LogP contribution in [0.5, 0.6) is 0 Å². The van der Waals surface area contributed by atoms with Gasteiger partial charge < -0.3 is 15.3 Å². The molecule has 0 spiro atoms. The minimum atomic E-state index is -0.898. The van der Waals surface area contributed by atoms with Crippen LogP contribution in [0.2, 0.25) is 5.02 Å². The number of aliphatic hydroxyl groups excluding tert-OH is 1. The first-order valence-corrected chi connectivity index (χ1v) is 6.25. The highest BCUT2D eigenvalue weighted by molar-refractivity contribution is 6.30. The van der Waals surface area contributed by atoms with Crippen LogP contribution in [0.15, 0.2) is 52.9 Å². The summed E-state index contributed by atoms with van der Waals surface area (Å²) in [5.41, 5.74) is 7.86. The molecule has 3 nitrogen and oxygen atoms in total. The van der Waals surface area contributed by atoms with Gasteiger partial charge in [-0.15, -0.1) is 0 Å². The Hall–Kier alpha value is -1.97. The summed E-state index contributed by atoms with van der Waals surface area (Å²) in [7, 11) is 0. The minimum Gasteiger partial charge on any atom is -0.456 e. The molecule has 0 radical (unpaired) electrons. The summed E-state index contributed by atoms with van der Waals surface area (Å²) in [6.45, 7) is 0. The van der Waals surface area contributed by atoms with E-state index in [2.05, 4.69) is 0 Å². The van der Waals surface area contributed by atoms with Gasteiger partial charge in [0.2, 0.25) is 0 Å². The number of halogens is 1. The van der Waals surface area contributed by atoms with Crippen LogP contribution in [0.25, 0.3) is 11.0 Å². The first-order valence-electron chi connectivity index (χ1n) is 5.87. The smallest absolute Gasteiger partial charge is 0.161 e. The SMILES string of the molecule is Nc1c(C(O)c2ccc(Cl)cc2)oc2ccccc12. The quantitative estimate of drug-likeness (QED) is 0.747. The Labute approximate surface area is 115 Å². The van der Waals surface area contributed by atoms with Crippen LogP contribution in [-0.4, -0.2) is 5.11 Å². The van der Waals surface area contributed by atoms with Crippen molar-refractivity contribution in [2.45, 2.75) is 6.10 Å². The molecule has 0 saturated heterocycles.